The van der Waals surface area contributed by atoms with Crippen molar-refractivity contribution in [1.29, 1.82) is 0 Å². The van der Waals surface area contributed by atoms with E-state index in [1.165, 1.54) is 0 Å². The van der Waals surface area contributed by atoms with E-state index in [4.69, 9.17) is 0 Å². The second-order valence-corrected chi connectivity index (χ2v) is 8.31. The van der Waals surface area contributed by atoms with Crippen molar-refractivity contribution in [1.82, 2.24) is 0 Å². The van der Waals surface area contributed by atoms with Gasteiger partial charge in [-0.1, -0.05) is 78.9 Å². The molecule has 4 aromatic rings. The van der Waals surface area contributed by atoms with Gasteiger partial charge in [-0.3, -0.25) is 0 Å². The van der Waals surface area contributed by atoms with Gasteiger partial charge >= 0.3 is 0 Å². The molecule has 2 unspecified atom stereocenters. The number of phenols is 3. The van der Waals surface area contributed by atoms with Crippen molar-refractivity contribution in [3.63, 3.8) is 0 Å². The Hall–Kier alpha value is -4.24. The SMILES string of the molecule is Oc1ccc(C2=CC(C(c3ccccc3)c3cc(-c4ccc(O)cc4)ccc3O)C=C2)cc1. The second kappa shape index (κ2) is 8.71. The van der Waals surface area contributed by atoms with Crippen LogP contribution in [0, 0.1) is 5.92 Å². The van der Waals surface area contributed by atoms with Crippen LogP contribution in [0.4, 0.5) is 0 Å². The van der Waals surface area contributed by atoms with Gasteiger partial charge in [-0.05, 0) is 64.2 Å². The van der Waals surface area contributed by atoms with Gasteiger partial charge in [-0.2, -0.15) is 0 Å². The van der Waals surface area contributed by atoms with Crippen LogP contribution in [-0.2, 0) is 0 Å². The van der Waals surface area contributed by atoms with Gasteiger partial charge in [0.1, 0.15) is 17.2 Å². The van der Waals surface area contributed by atoms with Crippen molar-refractivity contribution in [2.75, 3.05) is 0 Å². The van der Waals surface area contributed by atoms with E-state index >= 15 is 0 Å². The molecule has 2 atom stereocenters. The molecule has 0 saturated carbocycles. The highest BCUT2D eigenvalue weighted by Crippen LogP contribution is 2.43. The third kappa shape index (κ3) is 4.26. The second-order valence-electron chi connectivity index (χ2n) is 8.31. The highest BCUT2D eigenvalue weighted by atomic mass is 16.3. The molecule has 0 aromatic heterocycles. The quantitative estimate of drug-likeness (QED) is 0.322. The number of phenolic OH excluding ortho intramolecular Hbond substituents is 3. The number of aromatic hydroxyl groups is 3. The summed E-state index contributed by atoms with van der Waals surface area (Å²) in [6.07, 6.45) is 6.50. The molecule has 0 radical (unpaired) electrons. The van der Waals surface area contributed by atoms with E-state index in [2.05, 4.69) is 30.4 Å². The minimum absolute atomic E-state index is 0.0529. The topological polar surface area (TPSA) is 60.7 Å². The molecule has 162 valence electrons. The Morgan fingerprint density at radius 1 is 0.606 bits per heavy atom. The predicted octanol–water partition coefficient (Wildman–Crippen LogP) is 6.87. The monoisotopic (exact) mass is 432 g/mol. The molecule has 33 heavy (non-hydrogen) atoms. The summed E-state index contributed by atoms with van der Waals surface area (Å²) in [7, 11) is 0. The van der Waals surface area contributed by atoms with E-state index in [0.29, 0.717) is 0 Å². The van der Waals surface area contributed by atoms with Crippen LogP contribution < -0.4 is 0 Å². The number of hydrogen-bond acceptors (Lipinski definition) is 3. The summed E-state index contributed by atoms with van der Waals surface area (Å²) in [6.45, 7) is 0. The molecule has 3 N–H and O–H groups in total. The minimum atomic E-state index is -0.0749. The van der Waals surface area contributed by atoms with Crippen molar-refractivity contribution in [3.8, 4) is 28.4 Å². The lowest BCUT2D eigenvalue weighted by Crippen LogP contribution is -2.10. The van der Waals surface area contributed by atoms with Crippen molar-refractivity contribution in [2.45, 2.75) is 5.92 Å². The van der Waals surface area contributed by atoms with E-state index in [-0.39, 0.29) is 29.1 Å². The van der Waals surface area contributed by atoms with Crippen LogP contribution in [0.3, 0.4) is 0 Å². The highest BCUT2D eigenvalue weighted by Gasteiger charge is 2.27. The third-order valence-electron chi connectivity index (χ3n) is 6.18. The molecule has 1 aliphatic rings. The van der Waals surface area contributed by atoms with Crippen molar-refractivity contribution >= 4 is 5.57 Å². The normalized spacial score (nSPS) is 15.9. The Kier molecular flexibility index (Phi) is 5.45. The Labute approximate surface area is 193 Å². The molecule has 0 amide bonds. The van der Waals surface area contributed by atoms with Gasteiger partial charge in [0.15, 0.2) is 0 Å². The van der Waals surface area contributed by atoms with Gasteiger partial charge in [-0.15, -0.1) is 0 Å². The minimum Gasteiger partial charge on any atom is -0.508 e. The van der Waals surface area contributed by atoms with Crippen LogP contribution >= 0.6 is 0 Å². The maximum absolute atomic E-state index is 10.9. The Bertz CT molecular complexity index is 1320. The summed E-state index contributed by atoms with van der Waals surface area (Å²) < 4.78 is 0. The first-order chi connectivity index (χ1) is 16.1. The number of benzene rings is 4. The van der Waals surface area contributed by atoms with Crippen LogP contribution in [0.1, 0.15) is 22.6 Å². The zero-order valence-corrected chi connectivity index (χ0v) is 18.0. The Balaban J connectivity index is 1.59. The van der Waals surface area contributed by atoms with Crippen molar-refractivity contribution < 1.29 is 15.3 Å². The molecule has 3 heteroatoms. The zero-order valence-electron chi connectivity index (χ0n) is 18.0. The summed E-state index contributed by atoms with van der Waals surface area (Å²) >= 11 is 0. The van der Waals surface area contributed by atoms with Gasteiger partial charge < -0.3 is 15.3 Å². The molecule has 1 aliphatic carbocycles. The first-order valence-electron chi connectivity index (χ1n) is 11.0. The number of rotatable bonds is 5. The van der Waals surface area contributed by atoms with Gasteiger partial charge in [0.25, 0.3) is 0 Å². The van der Waals surface area contributed by atoms with Gasteiger partial charge in [0.05, 0.1) is 0 Å². The highest BCUT2D eigenvalue weighted by molar-refractivity contribution is 5.78. The van der Waals surface area contributed by atoms with E-state index in [1.807, 2.05) is 54.6 Å². The molecule has 0 bridgehead atoms. The number of hydrogen-bond donors (Lipinski definition) is 3. The molecule has 4 aromatic carbocycles. The molecule has 0 spiro atoms. The fourth-order valence-corrected chi connectivity index (χ4v) is 4.49. The van der Waals surface area contributed by atoms with E-state index < -0.39 is 0 Å². The Morgan fingerprint density at radius 2 is 1.21 bits per heavy atom. The largest absolute Gasteiger partial charge is 0.508 e. The fourth-order valence-electron chi connectivity index (χ4n) is 4.49. The average Bonchev–Trinajstić information content (AvgIpc) is 3.32. The lowest BCUT2D eigenvalue weighted by Gasteiger charge is -2.24. The van der Waals surface area contributed by atoms with Crippen LogP contribution in [-0.4, -0.2) is 15.3 Å². The van der Waals surface area contributed by atoms with Gasteiger partial charge in [-0.25, -0.2) is 0 Å². The first-order valence-corrected chi connectivity index (χ1v) is 11.0. The molecule has 5 rings (SSSR count). The van der Waals surface area contributed by atoms with Crippen molar-refractivity contribution in [2.24, 2.45) is 5.92 Å². The van der Waals surface area contributed by atoms with Gasteiger partial charge in [0, 0.05) is 17.4 Å². The maximum Gasteiger partial charge on any atom is 0.119 e. The smallest absolute Gasteiger partial charge is 0.119 e. The summed E-state index contributed by atoms with van der Waals surface area (Å²) in [5, 5.41) is 30.2. The summed E-state index contributed by atoms with van der Waals surface area (Å²) in [6, 6.07) is 30.2. The summed E-state index contributed by atoms with van der Waals surface area (Å²) in [4.78, 5) is 0. The van der Waals surface area contributed by atoms with Crippen LogP contribution in [0.5, 0.6) is 17.2 Å². The summed E-state index contributed by atoms with van der Waals surface area (Å²) in [5.41, 5.74) is 6.06. The molecule has 3 nitrogen and oxygen atoms in total. The van der Waals surface area contributed by atoms with E-state index in [1.54, 1.807) is 30.3 Å². The standard InChI is InChI=1S/C30H24O3/c31-26-13-8-20(9-14-26)23-6-7-25(18-23)30(22-4-2-1-3-5-22)28-19-24(12-17-29(28)33)21-10-15-27(32)16-11-21/h1-19,25,30-33H. The average molecular weight is 433 g/mol. The van der Waals surface area contributed by atoms with Crippen LogP contribution in [0.15, 0.2) is 115 Å². The fraction of sp³-hybridized carbons (Fsp3) is 0.0667. The number of allylic oxidation sites excluding steroid dienone is 4. The lowest BCUT2D eigenvalue weighted by molar-refractivity contribution is 0.461. The predicted molar refractivity (Wildman–Crippen MR) is 132 cm³/mol. The molecule has 0 aliphatic heterocycles. The van der Waals surface area contributed by atoms with E-state index in [0.717, 1.165) is 33.4 Å². The lowest BCUT2D eigenvalue weighted by atomic mass is 9.80. The summed E-state index contributed by atoms with van der Waals surface area (Å²) in [5.74, 6) is 0.705. The molecule has 0 heterocycles. The first kappa shape index (κ1) is 20.7. The molecule has 0 fully saturated rings. The van der Waals surface area contributed by atoms with Crippen LogP contribution in [0.2, 0.25) is 0 Å². The van der Waals surface area contributed by atoms with Crippen molar-refractivity contribution in [3.05, 3.63) is 132 Å². The molecular weight excluding hydrogens is 408 g/mol. The Morgan fingerprint density at radius 3 is 1.88 bits per heavy atom. The van der Waals surface area contributed by atoms with Crippen LogP contribution in [0.25, 0.3) is 16.7 Å². The zero-order chi connectivity index (χ0) is 22.8. The molecular formula is C30H24O3. The maximum atomic E-state index is 10.9. The third-order valence-corrected chi connectivity index (χ3v) is 6.18. The van der Waals surface area contributed by atoms with Gasteiger partial charge in [0.2, 0.25) is 0 Å². The molecule has 0 saturated heterocycles. The van der Waals surface area contributed by atoms with E-state index in [9.17, 15) is 15.3 Å².